The van der Waals surface area contributed by atoms with Gasteiger partial charge in [0, 0.05) is 23.1 Å². The molecule has 0 spiro atoms. The molecule has 0 radical (unpaired) electrons. The molecule has 114 valence electrons. The Hall–Kier alpha value is -2.34. The van der Waals surface area contributed by atoms with Crippen LogP contribution < -0.4 is 5.32 Å². The van der Waals surface area contributed by atoms with Gasteiger partial charge in [-0.15, -0.1) is 11.8 Å². The van der Waals surface area contributed by atoms with Gasteiger partial charge in [-0.2, -0.15) is 0 Å². The highest BCUT2D eigenvalue weighted by Crippen LogP contribution is 2.25. The van der Waals surface area contributed by atoms with Crippen molar-refractivity contribution >= 4 is 29.0 Å². The number of nitrogens with one attached hydrogen (secondary N) is 1. The number of nitro groups is 1. The molecule has 0 saturated heterocycles. The van der Waals surface area contributed by atoms with E-state index >= 15 is 0 Å². The third kappa shape index (κ3) is 4.33. The van der Waals surface area contributed by atoms with Gasteiger partial charge in [0.1, 0.15) is 0 Å². The summed E-state index contributed by atoms with van der Waals surface area (Å²) in [6.45, 7) is 1.63. The molecule has 0 bridgehead atoms. The van der Waals surface area contributed by atoms with E-state index in [-0.39, 0.29) is 11.6 Å². The fourth-order valence-corrected chi connectivity index (χ4v) is 2.82. The number of carbonyl (C=O) groups is 1. The van der Waals surface area contributed by atoms with E-state index < -0.39 is 4.92 Å². The molecule has 0 fully saturated rings. The predicted octanol–water partition coefficient (Wildman–Crippen LogP) is 4.02. The van der Waals surface area contributed by atoms with Crippen molar-refractivity contribution in [3.63, 3.8) is 0 Å². The lowest BCUT2D eigenvalue weighted by atomic mass is 10.1. The molecule has 1 N–H and O–H groups in total. The summed E-state index contributed by atoms with van der Waals surface area (Å²) in [6, 6.07) is 14.5. The highest BCUT2D eigenvalue weighted by molar-refractivity contribution is 7.99. The average Bonchev–Trinajstić information content (AvgIpc) is 2.50. The van der Waals surface area contributed by atoms with Gasteiger partial charge < -0.3 is 5.32 Å². The van der Waals surface area contributed by atoms with Crippen LogP contribution in [-0.4, -0.2) is 16.6 Å². The number of hydrogen-bond donors (Lipinski definition) is 1. The standard InChI is InChI=1S/C16H16N2O3S/c1-12-14(8-5-9-15(12)18(20)21)17-16(19)10-11-22-13-6-3-2-4-7-13/h2-9H,10-11H2,1H3,(H,17,19). The van der Waals surface area contributed by atoms with Gasteiger partial charge in [0.25, 0.3) is 5.69 Å². The summed E-state index contributed by atoms with van der Waals surface area (Å²) in [5.41, 5.74) is 0.969. The summed E-state index contributed by atoms with van der Waals surface area (Å²) >= 11 is 1.60. The maximum atomic E-state index is 11.9. The zero-order chi connectivity index (χ0) is 15.9. The van der Waals surface area contributed by atoms with E-state index in [0.717, 1.165) is 4.90 Å². The molecule has 1 amide bonds. The van der Waals surface area contributed by atoms with Crippen molar-refractivity contribution in [1.82, 2.24) is 0 Å². The molecule has 5 nitrogen and oxygen atoms in total. The summed E-state index contributed by atoms with van der Waals surface area (Å²) in [6.07, 6.45) is 0.349. The van der Waals surface area contributed by atoms with Gasteiger partial charge in [-0.3, -0.25) is 14.9 Å². The summed E-state index contributed by atoms with van der Waals surface area (Å²) in [5, 5.41) is 13.6. The van der Waals surface area contributed by atoms with Gasteiger partial charge in [-0.05, 0) is 25.1 Å². The molecular weight excluding hydrogens is 300 g/mol. The second-order valence-corrected chi connectivity index (χ2v) is 5.83. The molecule has 0 saturated carbocycles. The largest absolute Gasteiger partial charge is 0.326 e. The minimum absolute atomic E-state index is 0.0106. The van der Waals surface area contributed by atoms with Crippen LogP contribution in [0.2, 0.25) is 0 Å². The van der Waals surface area contributed by atoms with E-state index in [4.69, 9.17) is 0 Å². The highest BCUT2D eigenvalue weighted by atomic mass is 32.2. The van der Waals surface area contributed by atoms with Crippen LogP contribution in [0.5, 0.6) is 0 Å². The third-order valence-corrected chi connectivity index (χ3v) is 4.13. The Morgan fingerprint density at radius 1 is 1.18 bits per heavy atom. The lowest BCUT2D eigenvalue weighted by Gasteiger charge is -2.08. The maximum Gasteiger partial charge on any atom is 0.274 e. The van der Waals surface area contributed by atoms with Crippen molar-refractivity contribution in [3.8, 4) is 0 Å². The van der Waals surface area contributed by atoms with Gasteiger partial charge in [-0.25, -0.2) is 0 Å². The Morgan fingerprint density at radius 2 is 1.91 bits per heavy atom. The van der Waals surface area contributed by atoms with Crippen LogP contribution in [0, 0.1) is 17.0 Å². The van der Waals surface area contributed by atoms with Gasteiger partial charge in [0.05, 0.1) is 16.2 Å². The van der Waals surface area contributed by atoms with Gasteiger partial charge in [0.2, 0.25) is 5.91 Å². The Kier molecular flexibility index (Phi) is 5.55. The van der Waals surface area contributed by atoms with Crippen LogP contribution in [0.3, 0.4) is 0 Å². The van der Waals surface area contributed by atoms with E-state index in [0.29, 0.717) is 23.4 Å². The number of nitrogens with zero attached hydrogens (tertiary/aromatic N) is 1. The first-order valence-electron chi connectivity index (χ1n) is 6.79. The number of benzene rings is 2. The fourth-order valence-electron chi connectivity index (χ4n) is 1.95. The predicted molar refractivity (Wildman–Crippen MR) is 88.2 cm³/mol. The smallest absolute Gasteiger partial charge is 0.274 e. The van der Waals surface area contributed by atoms with E-state index in [1.54, 1.807) is 30.8 Å². The van der Waals surface area contributed by atoms with Crippen molar-refractivity contribution in [2.24, 2.45) is 0 Å². The Morgan fingerprint density at radius 3 is 2.59 bits per heavy atom. The van der Waals surface area contributed by atoms with Crippen LogP contribution in [0.25, 0.3) is 0 Å². The van der Waals surface area contributed by atoms with E-state index in [1.165, 1.54) is 6.07 Å². The zero-order valence-electron chi connectivity index (χ0n) is 12.1. The van der Waals surface area contributed by atoms with Crippen LogP contribution in [-0.2, 0) is 4.79 Å². The van der Waals surface area contributed by atoms with Gasteiger partial charge >= 0.3 is 0 Å². The van der Waals surface area contributed by atoms with E-state index in [9.17, 15) is 14.9 Å². The van der Waals surface area contributed by atoms with Gasteiger partial charge in [0.15, 0.2) is 0 Å². The molecule has 22 heavy (non-hydrogen) atoms. The number of nitro benzene ring substituents is 1. The molecule has 2 aromatic carbocycles. The molecular formula is C16H16N2O3S. The van der Waals surface area contributed by atoms with E-state index in [2.05, 4.69) is 5.32 Å². The SMILES string of the molecule is Cc1c(NC(=O)CCSc2ccccc2)cccc1[N+](=O)[O-]. The molecule has 0 aromatic heterocycles. The van der Waals surface area contributed by atoms with Crippen LogP contribution >= 0.6 is 11.8 Å². The number of thioether (sulfide) groups is 1. The highest BCUT2D eigenvalue weighted by Gasteiger charge is 2.14. The summed E-state index contributed by atoms with van der Waals surface area (Å²) in [4.78, 5) is 23.5. The summed E-state index contributed by atoms with van der Waals surface area (Å²) < 4.78 is 0. The minimum Gasteiger partial charge on any atom is -0.326 e. The summed E-state index contributed by atoms with van der Waals surface area (Å²) in [5.74, 6) is 0.510. The first-order valence-corrected chi connectivity index (χ1v) is 7.78. The lowest BCUT2D eigenvalue weighted by molar-refractivity contribution is -0.385. The normalized spacial score (nSPS) is 10.2. The number of hydrogen-bond acceptors (Lipinski definition) is 4. The monoisotopic (exact) mass is 316 g/mol. The Bertz CT molecular complexity index is 674. The topological polar surface area (TPSA) is 72.2 Å². The molecule has 0 aliphatic carbocycles. The van der Waals surface area contributed by atoms with Crippen molar-refractivity contribution < 1.29 is 9.72 Å². The van der Waals surface area contributed by atoms with Crippen molar-refractivity contribution in [1.29, 1.82) is 0 Å². The quantitative estimate of drug-likeness (QED) is 0.496. The molecule has 0 aliphatic rings. The van der Waals surface area contributed by atoms with E-state index in [1.807, 2.05) is 30.3 Å². The Balaban J connectivity index is 1.90. The second kappa shape index (κ2) is 7.61. The zero-order valence-corrected chi connectivity index (χ0v) is 12.9. The second-order valence-electron chi connectivity index (χ2n) is 4.67. The maximum absolute atomic E-state index is 11.9. The van der Waals surface area contributed by atoms with Crippen molar-refractivity contribution in [2.75, 3.05) is 11.1 Å². The van der Waals surface area contributed by atoms with Crippen LogP contribution in [0.15, 0.2) is 53.4 Å². The molecule has 0 heterocycles. The third-order valence-electron chi connectivity index (χ3n) is 3.12. The van der Waals surface area contributed by atoms with Gasteiger partial charge in [-0.1, -0.05) is 24.3 Å². The molecule has 0 aliphatic heterocycles. The van der Waals surface area contributed by atoms with Crippen LogP contribution in [0.1, 0.15) is 12.0 Å². The molecule has 0 atom stereocenters. The fraction of sp³-hybridized carbons (Fsp3) is 0.188. The first kappa shape index (κ1) is 16.0. The first-order chi connectivity index (χ1) is 10.6. The average molecular weight is 316 g/mol. The molecule has 2 aromatic rings. The number of carbonyl (C=O) groups excluding carboxylic acids is 1. The Labute approximate surface area is 132 Å². The molecule has 0 unspecified atom stereocenters. The number of rotatable bonds is 6. The van der Waals surface area contributed by atoms with Crippen molar-refractivity contribution in [2.45, 2.75) is 18.2 Å². The number of anilines is 1. The minimum atomic E-state index is -0.448. The van der Waals surface area contributed by atoms with Crippen molar-refractivity contribution in [3.05, 3.63) is 64.2 Å². The number of amides is 1. The van der Waals surface area contributed by atoms with Crippen LogP contribution in [0.4, 0.5) is 11.4 Å². The molecule has 6 heteroatoms. The summed E-state index contributed by atoms with van der Waals surface area (Å²) in [7, 11) is 0. The molecule has 2 rings (SSSR count). The lowest BCUT2D eigenvalue weighted by Crippen LogP contribution is -2.13.